The van der Waals surface area contributed by atoms with Crippen molar-refractivity contribution < 1.29 is 44.0 Å². The number of hydrogen-bond acceptors (Lipinski definition) is 6. The Morgan fingerprint density at radius 3 is 0.745 bits per heavy atom. The van der Waals surface area contributed by atoms with Crippen LogP contribution in [0.2, 0.25) is 0 Å². The monoisotopic (exact) mass is 696 g/mol. The van der Waals surface area contributed by atoms with E-state index in [1.807, 2.05) is 0 Å². The standard InChI is InChI=1S/C39H81NO2.ClHO4/c1-3-5-7-9-11-13-15-17-19-21-23-25-27-29-31-33-36-40(38-35-39(41)42)37-34-32-30-28-26-24-22-20-18-16-14-12-10-8-6-4-2;2-1(3,4)5/h39,41-42H,3-38H2,1-2H3;(H,2,3,4,5). The first-order valence-corrected chi connectivity index (χ1v) is 21.8. The van der Waals surface area contributed by atoms with E-state index >= 15 is 0 Å². The molecular weight excluding hydrogens is 614 g/mol. The maximum atomic E-state index is 9.37. The fraction of sp³-hybridized carbons (Fsp3) is 1.00. The molecule has 3 N–H and O–H groups in total. The highest BCUT2D eigenvalue weighted by Crippen LogP contribution is 2.15. The van der Waals surface area contributed by atoms with Crippen molar-refractivity contribution in [2.75, 3.05) is 19.6 Å². The summed E-state index contributed by atoms with van der Waals surface area (Å²) in [5.41, 5.74) is 0. The third kappa shape index (κ3) is 53.0. The van der Waals surface area contributed by atoms with Crippen LogP contribution in [0.25, 0.3) is 0 Å². The van der Waals surface area contributed by atoms with E-state index in [0.29, 0.717) is 6.42 Å². The van der Waals surface area contributed by atoms with Crippen LogP contribution in [0.1, 0.15) is 226 Å². The molecular formula is C39H82ClNO6. The Hall–Kier alpha value is 0.01000. The van der Waals surface area contributed by atoms with Crippen molar-refractivity contribution in [3.8, 4) is 0 Å². The molecule has 0 atom stereocenters. The molecule has 7 nitrogen and oxygen atoms in total. The van der Waals surface area contributed by atoms with E-state index in [4.69, 9.17) is 18.6 Å². The molecule has 0 unspecified atom stereocenters. The average Bonchev–Trinajstić information content (AvgIpc) is 3.01. The summed E-state index contributed by atoms with van der Waals surface area (Å²) in [4.78, 5) is 1.60. The number of unbranched alkanes of at least 4 members (excludes halogenated alkanes) is 30. The van der Waals surface area contributed by atoms with Crippen LogP contribution < -0.4 is 23.5 Å². The van der Waals surface area contributed by atoms with Crippen LogP contribution in [0.3, 0.4) is 0 Å². The van der Waals surface area contributed by atoms with E-state index in [0.717, 1.165) is 6.54 Å². The summed E-state index contributed by atoms with van der Waals surface area (Å²) in [7, 11) is -4.94. The molecule has 0 aliphatic rings. The third-order valence-electron chi connectivity index (χ3n) is 9.52. The number of hydrogen-bond donors (Lipinski definition) is 3. The molecule has 286 valence electrons. The van der Waals surface area contributed by atoms with Crippen molar-refractivity contribution in [3.05, 3.63) is 0 Å². The SMILES string of the molecule is CCCCCCCCCCCCCCCCCC[NH+](CCCCCCCCCCCCCCCCCC)CCC(O)O.[O-][Cl+3]([O-])([O-])[O-]. The third-order valence-corrected chi connectivity index (χ3v) is 9.52. The molecule has 8 heteroatoms. The first-order valence-electron chi connectivity index (χ1n) is 20.5. The average molecular weight is 697 g/mol. The first kappa shape index (κ1) is 49.1. The molecule has 0 aliphatic heterocycles. The van der Waals surface area contributed by atoms with Crippen molar-refractivity contribution in [3.63, 3.8) is 0 Å². The zero-order valence-electron chi connectivity index (χ0n) is 31.4. The highest BCUT2D eigenvalue weighted by atomic mass is 35.7. The van der Waals surface area contributed by atoms with E-state index in [9.17, 15) is 10.2 Å². The normalized spacial score (nSPS) is 11.9. The van der Waals surface area contributed by atoms with Crippen molar-refractivity contribution >= 4 is 0 Å². The lowest BCUT2D eigenvalue weighted by atomic mass is 10.0. The Balaban J connectivity index is 0. The summed E-state index contributed by atoms with van der Waals surface area (Å²) < 4.78 is 34.0. The summed E-state index contributed by atoms with van der Waals surface area (Å²) in [5.74, 6) is 0. The smallest absolute Gasteiger partial charge is 0.156 e. The zero-order valence-corrected chi connectivity index (χ0v) is 32.2. The molecule has 0 saturated carbocycles. The second-order valence-corrected chi connectivity index (χ2v) is 15.0. The second-order valence-electron chi connectivity index (χ2n) is 14.3. The maximum Gasteiger partial charge on any atom is 0.156 e. The molecule has 0 aromatic rings. The van der Waals surface area contributed by atoms with Gasteiger partial charge in [-0.1, -0.05) is 194 Å². The quantitative estimate of drug-likeness (QED) is 0.0513. The van der Waals surface area contributed by atoms with Crippen LogP contribution >= 0.6 is 0 Å². The van der Waals surface area contributed by atoms with Gasteiger partial charge in [0.05, 0.1) is 19.6 Å². The van der Waals surface area contributed by atoms with Crippen molar-refractivity contribution in [2.45, 2.75) is 232 Å². The molecule has 0 bridgehead atoms. The summed E-state index contributed by atoms with van der Waals surface area (Å²) >= 11 is 0. The molecule has 0 amide bonds. The minimum absolute atomic E-state index is 0.521. The molecule has 0 aromatic heterocycles. The Labute approximate surface area is 295 Å². The van der Waals surface area contributed by atoms with E-state index < -0.39 is 16.5 Å². The van der Waals surface area contributed by atoms with E-state index in [1.54, 1.807) is 4.90 Å². The predicted octanol–water partition coefficient (Wildman–Crippen LogP) is 6.34. The van der Waals surface area contributed by atoms with Gasteiger partial charge in [-0.2, -0.15) is 0 Å². The number of halogens is 1. The number of quaternary nitrogens is 1. The van der Waals surface area contributed by atoms with Gasteiger partial charge in [-0.15, -0.1) is 10.2 Å². The zero-order chi connectivity index (χ0) is 35.1. The lowest BCUT2D eigenvalue weighted by Gasteiger charge is -2.20. The molecule has 0 rings (SSSR count). The molecule has 0 aliphatic carbocycles. The minimum atomic E-state index is -4.94. The highest BCUT2D eigenvalue weighted by Gasteiger charge is 2.10. The van der Waals surface area contributed by atoms with Crippen LogP contribution in [-0.2, 0) is 0 Å². The molecule has 0 saturated heterocycles. The van der Waals surface area contributed by atoms with Gasteiger partial charge >= 0.3 is 0 Å². The van der Waals surface area contributed by atoms with E-state index in [-0.39, 0.29) is 0 Å². The van der Waals surface area contributed by atoms with Gasteiger partial charge in [0.1, 0.15) is 0 Å². The maximum absolute atomic E-state index is 9.37. The molecule has 0 spiro atoms. The Bertz CT molecular complexity index is 522. The minimum Gasteiger partial charge on any atom is -0.368 e. The van der Waals surface area contributed by atoms with Crippen molar-refractivity contribution in [2.24, 2.45) is 0 Å². The molecule has 0 heterocycles. The van der Waals surface area contributed by atoms with Crippen LogP contribution in [-0.4, -0.2) is 36.1 Å². The molecule has 0 fully saturated rings. The lowest BCUT2D eigenvalue weighted by Crippen LogP contribution is -3.12. The van der Waals surface area contributed by atoms with Crippen LogP contribution in [0, 0.1) is 10.2 Å². The fourth-order valence-electron chi connectivity index (χ4n) is 6.55. The molecule has 0 aromatic carbocycles. The van der Waals surface area contributed by atoms with Crippen LogP contribution in [0.5, 0.6) is 0 Å². The number of rotatable bonds is 37. The number of aliphatic hydroxyl groups is 2. The van der Waals surface area contributed by atoms with Crippen LogP contribution in [0.4, 0.5) is 0 Å². The van der Waals surface area contributed by atoms with Gasteiger partial charge in [0.2, 0.25) is 0 Å². The van der Waals surface area contributed by atoms with Crippen molar-refractivity contribution in [1.82, 2.24) is 0 Å². The fourth-order valence-corrected chi connectivity index (χ4v) is 6.55. The van der Waals surface area contributed by atoms with Crippen LogP contribution in [0.15, 0.2) is 0 Å². The van der Waals surface area contributed by atoms with Gasteiger partial charge in [-0.3, -0.25) is 0 Å². The molecule has 47 heavy (non-hydrogen) atoms. The Morgan fingerprint density at radius 2 is 0.553 bits per heavy atom. The lowest BCUT2D eigenvalue weighted by molar-refractivity contribution is -2.00. The summed E-state index contributed by atoms with van der Waals surface area (Å²) in [5, 5.41) is 18.7. The van der Waals surface area contributed by atoms with E-state index in [1.165, 1.54) is 219 Å². The van der Waals surface area contributed by atoms with Gasteiger partial charge in [-0.05, 0) is 25.7 Å². The van der Waals surface area contributed by atoms with Gasteiger partial charge in [0, 0.05) is 6.42 Å². The number of nitrogens with one attached hydrogen (secondary N) is 1. The Kier molecular flexibility index (Phi) is 42.3. The summed E-state index contributed by atoms with van der Waals surface area (Å²) in [6, 6.07) is 0. The Morgan fingerprint density at radius 1 is 0.362 bits per heavy atom. The van der Waals surface area contributed by atoms with Gasteiger partial charge in [0.15, 0.2) is 6.29 Å². The van der Waals surface area contributed by atoms with Crippen molar-refractivity contribution in [1.29, 1.82) is 0 Å². The van der Waals surface area contributed by atoms with Gasteiger partial charge < -0.3 is 15.1 Å². The second kappa shape index (κ2) is 40.4. The highest BCUT2D eigenvalue weighted by molar-refractivity contribution is 4.52. The number of aliphatic hydroxyl groups excluding tert-OH is 1. The first-order chi connectivity index (χ1) is 22.7. The molecule has 0 radical (unpaired) electrons. The van der Waals surface area contributed by atoms with Gasteiger partial charge in [0.25, 0.3) is 0 Å². The topological polar surface area (TPSA) is 137 Å². The predicted molar refractivity (Wildman–Crippen MR) is 187 cm³/mol. The summed E-state index contributed by atoms with van der Waals surface area (Å²) in [6.07, 6.45) is 44.7. The van der Waals surface area contributed by atoms with E-state index in [2.05, 4.69) is 13.8 Å². The summed E-state index contributed by atoms with van der Waals surface area (Å²) in [6.45, 7) is 7.93. The van der Waals surface area contributed by atoms with Gasteiger partial charge in [-0.25, -0.2) is 18.6 Å². The largest absolute Gasteiger partial charge is 0.368 e.